The van der Waals surface area contributed by atoms with E-state index in [2.05, 4.69) is 44.4 Å². The highest BCUT2D eigenvalue weighted by atomic mass is 16.5. The van der Waals surface area contributed by atoms with Crippen LogP contribution in [0.4, 0.5) is 5.82 Å². The predicted octanol–water partition coefficient (Wildman–Crippen LogP) is 1.68. The van der Waals surface area contributed by atoms with E-state index in [0.717, 1.165) is 70.5 Å². The summed E-state index contributed by atoms with van der Waals surface area (Å²) in [6, 6.07) is 12.2. The summed E-state index contributed by atoms with van der Waals surface area (Å²) in [7, 11) is 0. The molecule has 7 nitrogen and oxygen atoms in total. The molecule has 2 aliphatic heterocycles. The van der Waals surface area contributed by atoms with E-state index >= 15 is 0 Å². The first-order valence-corrected chi connectivity index (χ1v) is 10.2. The van der Waals surface area contributed by atoms with E-state index in [1.54, 1.807) is 6.20 Å². The second-order valence-electron chi connectivity index (χ2n) is 7.39. The van der Waals surface area contributed by atoms with Gasteiger partial charge in [0, 0.05) is 45.5 Å². The van der Waals surface area contributed by atoms with Crippen LogP contribution in [0.15, 0.2) is 42.6 Å². The minimum Gasteiger partial charge on any atom is -0.379 e. The Morgan fingerprint density at radius 2 is 1.55 bits per heavy atom. The van der Waals surface area contributed by atoms with E-state index in [-0.39, 0.29) is 5.91 Å². The molecule has 2 fully saturated rings. The number of carbonyl (C=O) groups excluding carboxylic acids is 1. The zero-order valence-electron chi connectivity index (χ0n) is 16.7. The van der Waals surface area contributed by atoms with Crippen LogP contribution in [0.25, 0.3) is 0 Å². The third-order valence-electron chi connectivity index (χ3n) is 5.33. The summed E-state index contributed by atoms with van der Waals surface area (Å²) in [6.07, 6.45) is 1.64. The lowest BCUT2D eigenvalue weighted by molar-refractivity contribution is 0.0342. The Balaban J connectivity index is 1.26. The third-order valence-corrected chi connectivity index (χ3v) is 5.33. The highest BCUT2D eigenvalue weighted by Gasteiger charge is 2.14. The lowest BCUT2D eigenvalue weighted by Gasteiger charge is -2.27. The van der Waals surface area contributed by atoms with Crippen molar-refractivity contribution in [1.82, 2.24) is 15.2 Å². The molecule has 0 atom stereocenters. The highest BCUT2D eigenvalue weighted by Crippen LogP contribution is 2.13. The van der Waals surface area contributed by atoms with E-state index in [1.165, 1.54) is 5.56 Å². The van der Waals surface area contributed by atoms with Crippen LogP contribution in [0.1, 0.15) is 21.5 Å². The SMILES string of the molecule is O=C(NCc1ccc(CN2CCOCC2)cc1)c1ccc(N2CCOCC2)nc1. The first-order valence-electron chi connectivity index (χ1n) is 10.2. The van der Waals surface area contributed by atoms with E-state index in [1.807, 2.05) is 12.1 Å². The average molecular weight is 396 g/mol. The molecule has 0 unspecified atom stereocenters. The number of anilines is 1. The average Bonchev–Trinajstić information content (AvgIpc) is 2.80. The molecule has 0 radical (unpaired) electrons. The fourth-order valence-electron chi connectivity index (χ4n) is 3.56. The minimum atomic E-state index is -0.108. The normalized spacial score (nSPS) is 17.9. The second kappa shape index (κ2) is 9.82. The molecule has 1 aromatic carbocycles. The molecule has 0 spiro atoms. The molecule has 1 N–H and O–H groups in total. The van der Waals surface area contributed by atoms with Crippen molar-refractivity contribution >= 4 is 11.7 Å². The fraction of sp³-hybridized carbons (Fsp3) is 0.455. The Kier molecular flexibility index (Phi) is 6.71. The lowest BCUT2D eigenvalue weighted by atomic mass is 10.1. The quantitative estimate of drug-likeness (QED) is 0.802. The maximum absolute atomic E-state index is 12.4. The van der Waals surface area contributed by atoms with Crippen LogP contribution in [0.2, 0.25) is 0 Å². The van der Waals surface area contributed by atoms with Gasteiger partial charge in [-0.15, -0.1) is 0 Å². The Labute approximate surface area is 171 Å². The van der Waals surface area contributed by atoms with Crippen molar-refractivity contribution in [3.63, 3.8) is 0 Å². The van der Waals surface area contributed by atoms with Crippen molar-refractivity contribution in [3.05, 3.63) is 59.3 Å². The smallest absolute Gasteiger partial charge is 0.253 e. The van der Waals surface area contributed by atoms with Crippen molar-refractivity contribution < 1.29 is 14.3 Å². The summed E-state index contributed by atoms with van der Waals surface area (Å²) < 4.78 is 10.8. The maximum atomic E-state index is 12.4. The number of hydrogen-bond donors (Lipinski definition) is 1. The van der Waals surface area contributed by atoms with Gasteiger partial charge < -0.3 is 19.7 Å². The molecule has 1 aromatic heterocycles. The number of aromatic nitrogens is 1. The summed E-state index contributed by atoms with van der Waals surface area (Å²) >= 11 is 0. The number of ether oxygens (including phenoxy) is 2. The Morgan fingerprint density at radius 3 is 2.21 bits per heavy atom. The first kappa shape index (κ1) is 19.8. The number of benzene rings is 1. The number of pyridine rings is 1. The molecule has 2 aromatic rings. The van der Waals surface area contributed by atoms with Crippen molar-refractivity contribution in [2.75, 3.05) is 57.5 Å². The van der Waals surface area contributed by atoms with E-state index in [0.29, 0.717) is 12.1 Å². The van der Waals surface area contributed by atoms with Crippen molar-refractivity contribution in [3.8, 4) is 0 Å². The molecule has 7 heteroatoms. The van der Waals surface area contributed by atoms with E-state index < -0.39 is 0 Å². The zero-order valence-corrected chi connectivity index (χ0v) is 16.7. The van der Waals surface area contributed by atoms with Crippen LogP contribution in [0, 0.1) is 0 Å². The lowest BCUT2D eigenvalue weighted by Crippen LogP contribution is -2.36. The second-order valence-corrected chi connectivity index (χ2v) is 7.39. The van der Waals surface area contributed by atoms with Gasteiger partial charge in [0.1, 0.15) is 5.82 Å². The maximum Gasteiger partial charge on any atom is 0.253 e. The van der Waals surface area contributed by atoms with Gasteiger partial charge >= 0.3 is 0 Å². The number of morpholine rings is 2. The molecule has 4 rings (SSSR count). The minimum absolute atomic E-state index is 0.108. The van der Waals surface area contributed by atoms with Gasteiger partial charge in [0.05, 0.1) is 32.0 Å². The van der Waals surface area contributed by atoms with Gasteiger partial charge in [0.2, 0.25) is 0 Å². The van der Waals surface area contributed by atoms with Gasteiger partial charge in [0.25, 0.3) is 5.91 Å². The molecule has 1 amide bonds. The van der Waals surface area contributed by atoms with Gasteiger partial charge in [0.15, 0.2) is 0 Å². The van der Waals surface area contributed by atoms with Gasteiger partial charge in [-0.05, 0) is 23.3 Å². The first-order chi connectivity index (χ1) is 14.3. The van der Waals surface area contributed by atoms with Crippen LogP contribution >= 0.6 is 0 Å². The molecule has 2 aliphatic rings. The zero-order chi connectivity index (χ0) is 19.9. The number of nitrogens with one attached hydrogen (secondary N) is 1. The number of amides is 1. The summed E-state index contributed by atoms with van der Waals surface area (Å²) in [6.45, 7) is 8.13. The van der Waals surface area contributed by atoms with Crippen LogP contribution in [0.3, 0.4) is 0 Å². The van der Waals surface area contributed by atoms with Gasteiger partial charge in [-0.25, -0.2) is 4.98 Å². The topological polar surface area (TPSA) is 66.9 Å². The third kappa shape index (κ3) is 5.53. The van der Waals surface area contributed by atoms with E-state index in [4.69, 9.17) is 9.47 Å². The molecule has 0 saturated carbocycles. The van der Waals surface area contributed by atoms with Gasteiger partial charge in [-0.2, -0.15) is 0 Å². The standard InChI is InChI=1S/C22H28N4O3/c27-22(20-5-6-21(23-16-20)26-9-13-29-14-10-26)24-15-18-1-3-19(4-2-18)17-25-7-11-28-12-8-25/h1-6,16H,7-15,17H2,(H,24,27). The molecule has 3 heterocycles. The summed E-state index contributed by atoms with van der Waals surface area (Å²) in [5.74, 6) is 0.782. The molecule has 0 aliphatic carbocycles. The Morgan fingerprint density at radius 1 is 0.897 bits per heavy atom. The van der Waals surface area contributed by atoms with E-state index in [9.17, 15) is 4.79 Å². The molecule has 29 heavy (non-hydrogen) atoms. The number of hydrogen-bond acceptors (Lipinski definition) is 6. The van der Waals surface area contributed by atoms with Crippen LogP contribution in [-0.4, -0.2) is 68.4 Å². The highest BCUT2D eigenvalue weighted by molar-refractivity contribution is 5.94. The molecule has 154 valence electrons. The Bertz CT molecular complexity index is 783. The van der Waals surface area contributed by atoms with Crippen molar-refractivity contribution in [2.24, 2.45) is 0 Å². The summed E-state index contributed by atoms with van der Waals surface area (Å²) in [5.41, 5.74) is 2.94. The van der Waals surface area contributed by atoms with Crippen LogP contribution in [-0.2, 0) is 22.6 Å². The van der Waals surface area contributed by atoms with Gasteiger partial charge in [-0.3, -0.25) is 9.69 Å². The molecule has 2 saturated heterocycles. The monoisotopic (exact) mass is 396 g/mol. The molecular weight excluding hydrogens is 368 g/mol. The number of nitrogens with zero attached hydrogens (tertiary/aromatic N) is 3. The van der Waals surface area contributed by atoms with Gasteiger partial charge in [-0.1, -0.05) is 24.3 Å². The van der Waals surface area contributed by atoms with Crippen LogP contribution < -0.4 is 10.2 Å². The number of rotatable bonds is 6. The summed E-state index contributed by atoms with van der Waals surface area (Å²) in [5, 5.41) is 2.98. The summed E-state index contributed by atoms with van der Waals surface area (Å²) in [4.78, 5) is 21.4. The fourth-order valence-corrected chi connectivity index (χ4v) is 3.56. The molecule has 0 bridgehead atoms. The van der Waals surface area contributed by atoms with Crippen LogP contribution in [0.5, 0.6) is 0 Å². The number of carbonyl (C=O) groups is 1. The predicted molar refractivity (Wildman–Crippen MR) is 111 cm³/mol. The van der Waals surface area contributed by atoms with Crippen molar-refractivity contribution in [2.45, 2.75) is 13.1 Å². The van der Waals surface area contributed by atoms with Crippen molar-refractivity contribution in [1.29, 1.82) is 0 Å². The Hall–Kier alpha value is -2.48. The molecular formula is C22H28N4O3. The largest absolute Gasteiger partial charge is 0.379 e.